The van der Waals surface area contributed by atoms with E-state index in [0.717, 1.165) is 54.3 Å². The predicted octanol–water partition coefficient (Wildman–Crippen LogP) is 4.48. The van der Waals surface area contributed by atoms with Crippen molar-refractivity contribution in [3.05, 3.63) is 65.3 Å². The number of nitrogens with zero attached hydrogens (tertiary/aromatic N) is 7. The highest BCUT2D eigenvalue weighted by molar-refractivity contribution is 6.30. The fourth-order valence-corrected chi connectivity index (χ4v) is 4.19. The van der Waals surface area contributed by atoms with E-state index in [1.807, 2.05) is 60.2 Å². The summed E-state index contributed by atoms with van der Waals surface area (Å²) in [6.07, 6.45) is 8.91. The van der Waals surface area contributed by atoms with Gasteiger partial charge in [-0.1, -0.05) is 23.7 Å². The van der Waals surface area contributed by atoms with E-state index in [0.29, 0.717) is 16.5 Å². The number of hydrogen-bond donors (Lipinski definition) is 1. The first kappa shape index (κ1) is 21.2. The zero-order valence-electron chi connectivity index (χ0n) is 18.4. The number of fused-ring (bicyclic) bond motifs is 1. The average Bonchev–Trinajstić information content (AvgIpc) is 3.45. The number of aryl methyl sites for hydroxylation is 1. The van der Waals surface area contributed by atoms with Gasteiger partial charge in [0.1, 0.15) is 17.2 Å². The fraction of sp³-hybridized carbons (Fsp3) is 0.250. The summed E-state index contributed by atoms with van der Waals surface area (Å²) in [4.78, 5) is 11.6. The van der Waals surface area contributed by atoms with E-state index in [9.17, 15) is 0 Å². The van der Waals surface area contributed by atoms with Crippen LogP contribution in [0.2, 0.25) is 5.02 Å². The normalized spacial score (nSPS) is 15.1. The molecular formula is C24H25ClN8. The van der Waals surface area contributed by atoms with E-state index in [2.05, 4.69) is 15.0 Å². The number of benzene rings is 1. The quantitative estimate of drug-likeness (QED) is 0.443. The Bertz CT molecular complexity index is 1340. The van der Waals surface area contributed by atoms with Crippen LogP contribution in [0, 0.1) is 0 Å². The standard InChI is InChI=1S/C24H25ClN8/c1-31-13-9-20(29-31)21-15-23-28-22(16-24(33(23)30-21)32-11-3-2-4-12-32)27-10-8-19(26)17-6-5-7-18(25)14-17/h5-10,13-16H,2-4,11-12,26H2,1H3. The molecular weight excluding hydrogens is 436 g/mol. The summed E-state index contributed by atoms with van der Waals surface area (Å²) in [7, 11) is 1.89. The smallest absolute Gasteiger partial charge is 0.160 e. The molecule has 9 heteroatoms. The topological polar surface area (TPSA) is 89.6 Å². The third-order valence-electron chi connectivity index (χ3n) is 5.67. The molecule has 3 aromatic heterocycles. The maximum absolute atomic E-state index is 6.19. The zero-order valence-corrected chi connectivity index (χ0v) is 19.2. The van der Waals surface area contributed by atoms with Gasteiger partial charge in [0.25, 0.3) is 0 Å². The first-order chi connectivity index (χ1) is 16.1. The van der Waals surface area contributed by atoms with E-state index in [4.69, 9.17) is 27.4 Å². The molecule has 4 aromatic rings. The van der Waals surface area contributed by atoms with Crippen molar-refractivity contribution in [2.75, 3.05) is 18.0 Å². The molecule has 168 valence electrons. The van der Waals surface area contributed by atoms with Gasteiger partial charge in [-0.25, -0.2) is 9.98 Å². The van der Waals surface area contributed by atoms with Crippen molar-refractivity contribution in [2.24, 2.45) is 17.8 Å². The summed E-state index contributed by atoms with van der Waals surface area (Å²) in [6, 6.07) is 13.3. The van der Waals surface area contributed by atoms with Crippen LogP contribution in [0.5, 0.6) is 0 Å². The Hall–Kier alpha value is -3.65. The Kier molecular flexibility index (Phi) is 5.83. The second-order valence-corrected chi connectivity index (χ2v) is 8.54. The molecule has 0 bridgehead atoms. The Balaban J connectivity index is 1.51. The van der Waals surface area contributed by atoms with Crippen LogP contribution in [0.3, 0.4) is 0 Å². The van der Waals surface area contributed by atoms with Crippen LogP contribution < -0.4 is 10.6 Å². The molecule has 1 saturated heterocycles. The van der Waals surface area contributed by atoms with Crippen molar-refractivity contribution in [1.29, 1.82) is 0 Å². The van der Waals surface area contributed by atoms with E-state index >= 15 is 0 Å². The zero-order chi connectivity index (χ0) is 22.8. The second kappa shape index (κ2) is 9.07. The molecule has 1 aromatic carbocycles. The Morgan fingerprint density at radius 1 is 1.06 bits per heavy atom. The first-order valence-corrected chi connectivity index (χ1v) is 11.4. The fourth-order valence-electron chi connectivity index (χ4n) is 4.00. The lowest BCUT2D eigenvalue weighted by Crippen LogP contribution is -2.31. The monoisotopic (exact) mass is 460 g/mol. The number of allylic oxidation sites excluding steroid dienone is 1. The summed E-state index contributed by atoms with van der Waals surface area (Å²) in [5.41, 5.74) is 9.96. The first-order valence-electron chi connectivity index (χ1n) is 11.0. The number of aromatic nitrogens is 5. The van der Waals surface area contributed by atoms with Gasteiger partial charge in [0.15, 0.2) is 11.5 Å². The number of nitrogens with two attached hydrogens (primary N) is 1. The molecule has 0 unspecified atom stereocenters. The number of hydrogen-bond acceptors (Lipinski definition) is 6. The molecule has 8 nitrogen and oxygen atoms in total. The molecule has 0 saturated carbocycles. The Morgan fingerprint density at radius 3 is 2.67 bits per heavy atom. The number of anilines is 1. The van der Waals surface area contributed by atoms with Crippen molar-refractivity contribution < 1.29 is 0 Å². The Labute approximate surface area is 197 Å². The van der Waals surface area contributed by atoms with E-state index < -0.39 is 0 Å². The molecule has 0 spiro atoms. The molecule has 1 fully saturated rings. The third-order valence-corrected chi connectivity index (χ3v) is 5.90. The highest BCUT2D eigenvalue weighted by Crippen LogP contribution is 2.27. The molecule has 2 N–H and O–H groups in total. The van der Waals surface area contributed by atoms with E-state index in [1.165, 1.54) is 6.42 Å². The van der Waals surface area contributed by atoms with Gasteiger partial charge in [-0.15, -0.1) is 0 Å². The molecule has 5 rings (SSSR count). The molecule has 0 atom stereocenters. The molecule has 0 amide bonds. The number of piperidine rings is 1. The molecule has 1 aliphatic rings. The van der Waals surface area contributed by atoms with Gasteiger partial charge in [-0.05, 0) is 49.1 Å². The van der Waals surface area contributed by atoms with Crippen molar-refractivity contribution in [3.8, 4) is 11.4 Å². The summed E-state index contributed by atoms with van der Waals surface area (Å²) in [5, 5.41) is 9.94. The van der Waals surface area contributed by atoms with Gasteiger partial charge in [0.2, 0.25) is 0 Å². The van der Waals surface area contributed by atoms with E-state index in [1.54, 1.807) is 17.0 Å². The lowest BCUT2D eigenvalue weighted by Gasteiger charge is -2.28. The maximum Gasteiger partial charge on any atom is 0.160 e. The van der Waals surface area contributed by atoms with Gasteiger partial charge >= 0.3 is 0 Å². The van der Waals surface area contributed by atoms with Crippen molar-refractivity contribution in [2.45, 2.75) is 19.3 Å². The molecule has 0 radical (unpaired) electrons. The minimum atomic E-state index is 0.584. The summed E-state index contributed by atoms with van der Waals surface area (Å²) in [6.45, 7) is 1.98. The van der Waals surface area contributed by atoms with E-state index in [-0.39, 0.29) is 0 Å². The SMILES string of the molecule is Cn1ccc(-c2cc3nc(N=CC=C(N)c4cccc(Cl)c4)cc(N4CCCCC4)n3n2)n1. The lowest BCUT2D eigenvalue weighted by molar-refractivity contribution is 0.568. The lowest BCUT2D eigenvalue weighted by atomic mass is 10.1. The number of aliphatic imine (C=N–C) groups is 1. The second-order valence-electron chi connectivity index (χ2n) is 8.11. The van der Waals surface area contributed by atoms with Crippen molar-refractivity contribution in [3.63, 3.8) is 0 Å². The van der Waals surface area contributed by atoms with Gasteiger partial charge in [0.05, 0.1) is 0 Å². The predicted molar refractivity (Wildman–Crippen MR) is 133 cm³/mol. The molecule has 33 heavy (non-hydrogen) atoms. The number of rotatable bonds is 5. The summed E-state index contributed by atoms with van der Waals surface area (Å²) >= 11 is 6.07. The molecule has 1 aliphatic heterocycles. The van der Waals surface area contributed by atoms with Crippen LogP contribution in [0.25, 0.3) is 22.7 Å². The summed E-state index contributed by atoms with van der Waals surface area (Å²) < 4.78 is 3.66. The van der Waals surface area contributed by atoms with Gasteiger partial charge in [0, 0.05) is 55.4 Å². The summed E-state index contributed by atoms with van der Waals surface area (Å²) in [5.74, 6) is 1.59. The highest BCUT2D eigenvalue weighted by Gasteiger charge is 2.18. The highest BCUT2D eigenvalue weighted by atomic mass is 35.5. The minimum Gasteiger partial charge on any atom is -0.398 e. The maximum atomic E-state index is 6.19. The van der Waals surface area contributed by atoms with Crippen LogP contribution in [0.4, 0.5) is 11.6 Å². The third kappa shape index (κ3) is 4.61. The average molecular weight is 461 g/mol. The van der Waals surface area contributed by atoms with Crippen LogP contribution >= 0.6 is 11.6 Å². The molecule has 4 heterocycles. The van der Waals surface area contributed by atoms with Gasteiger partial charge in [-0.3, -0.25) is 4.68 Å². The number of halogens is 1. The van der Waals surface area contributed by atoms with Crippen molar-refractivity contribution in [1.82, 2.24) is 24.4 Å². The van der Waals surface area contributed by atoms with Crippen LogP contribution in [-0.4, -0.2) is 43.7 Å². The van der Waals surface area contributed by atoms with Crippen molar-refractivity contribution >= 4 is 40.8 Å². The molecule has 0 aliphatic carbocycles. The van der Waals surface area contributed by atoms with Gasteiger partial charge < -0.3 is 10.6 Å². The largest absolute Gasteiger partial charge is 0.398 e. The van der Waals surface area contributed by atoms with Crippen LogP contribution in [-0.2, 0) is 7.05 Å². The Morgan fingerprint density at radius 2 is 1.91 bits per heavy atom. The van der Waals surface area contributed by atoms with Crippen LogP contribution in [0.15, 0.2) is 59.7 Å². The minimum absolute atomic E-state index is 0.584. The van der Waals surface area contributed by atoms with Crippen LogP contribution in [0.1, 0.15) is 24.8 Å². The van der Waals surface area contributed by atoms with Gasteiger partial charge in [-0.2, -0.15) is 14.7 Å².